The number of nitrogens with zero attached hydrogens (tertiary/aromatic N) is 1. The largest absolute Gasteiger partial charge is 0.484 e. The maximum Gasteiger partial charge on any atom is 0.410 e. The number of hydrogen-bond acceptors (Lipinski definition) is 4. The highest BCUT2D eigenvalue weighted by molar-refractivity contribution is 6.02. The van der Waals surface area contributed by atoms with E-state index >= 15 is 0 Å². The highest BCUT2D eigenvalue weighted by Crippen LogP contribution is 2.35. The third kappa shape index (κ3) is 3.94. The molecular formula is C19H24FNO4. The molecule has 1 aromatic carbocycles. The highest BCUT2D eigenvalue weighted by atomic mass is 19.1. The van der Waals surface area contributed by atoms with Gasteiger partial charge in [0.05, 0.1) is 5.56 Å². The van der Waals surface area contributed by atoms with Crippen LogP contribution in [-0.4, -0.2) is 42.1 Å². The zero-order valence-electron chi connectivity index (χ0n) is 14.9. The Morgan fingerprint density at radius 1 is 1.32 bits per heavy atom. The van der Waals surface area contributed by atoms with Gasteiger partial charge >= 0.3 is 6.09 Å². The minimum atomic E-state index is -0.508. The summed E-state index contributed by atoms with van der Waals surface area (Å²) in [4.78, 5) is 25.6. The minimum absolute atomic E-state index is 0.0110. The van der Waals surface area contributed by atoms with E-state index in [1.165, 1.54) is 12.1 Å². The van der Waals surface area contributed by atoms with Gasteiger partial charge < -0.3 is 14.4 Å². The molecule has 1 fully saturated rings. The molecule has 3 rings (SSSR count). The highest BCUT2D eigenvalue weighted by Gasteiger charge is 2.30. The van der Waals surface area contributed by atoms with E-state index in [0.29, 0.717) is 36.4 Å². The Labute approximate surface area is 147 Å². The number of Topliss-reactive ketones (excluding diaryl/α,β-unsaturated/α-hetero) is 1. The zero-order valence-corrected chi connectivity index (χ0v) is 14.9. The minimum Gasteiger partial charge on any atom is -0.484 e. The van der Waals surface area contributed by atoms with Gasteiger partial charge in [0.15, 0.2) is 6.61 Å². The van der Waals surface area contributed by atoms with Gasteiger partial charge in [-0.3, -0.25) is 4.79 Å². The van der Waals surface area contributed by atoms with Crippen LogP contribution in [0.25, 0.3) is 0 Å². The Morgan fingerprint density at radius 2 is 2.00 bits per heavy atom. The third-order valence-electron chi connectivity index (χ3n) is 4.61. The number of carbonyl (C=O) groups is 2. The molecule has 2 aliphatic heterocycles. The van der Waals surface area contributed by atoms with Crippen molar-refractivity contribution in [3.8, 4) is 5.75 Å². The summed E-state index contributed by atoms with van der Waals surface area (Å²) in [7, 11) is 0. The molecule has 0 aromatic heterocycles. The summed E-state index contributed by atoms with van der Waals surface area (Å²) in [6, 6.07) is 2.84. The van der Waals surface area contributed by atoms with Gasteiger partial charge in [0.1, 0.15) is 17.2 Å². The van der Waals surface area contributed by atoms with Crippen LogP contribution in [0.4, 0.5) is 9.18 Å². The number of rotatable bonds is 2. The first-order valence-corrected chi connectivity index (χ1v) is 8.70. The molecule has 2 aliphatic rings. The molecule has 0 N–H and O–H groups in total. The summed E-state index contributed by atoms with van der Waals surface area (Å²) in [6.45, 7) is 6.71. The third-order valence-corrected chi connectivity index (χ3v) is 4.61. The van der Waals surface area contributed by atoms with Gasteiger partial charge in [-0.25, -0.2) is 9.18 Å². The second kappa shape index (κ2) is 6.65. The van der Waals surface area contributed by atoms with Crippen LogP contribution in [0.2, 0.25) is 0 Å². The van der Waals surface area contributed by atoms with Gasteiger partial charge in [0.2, 0.25) is 5.78 Å². The summed E-state index contributed by atoms with van der Waals surface area (Å²) in [6.07, 6.45) is 1.77. The monoisotopic (exact) mass is 349 g/mol. The predicted octanol–water partition coefficient (Wildman–Crippen LogP) is 3.59. The Hall–Kier alpha value is -2.11. The lowest BCUT2D eigenvalue weighted by atomic mass is 9.89. The van der Waals surface area contributed by atoms with Crippen LogP contribution < -0.4 is 4.74 Å². The number of carbonyl (C=O) groups excluding carboxylic acids is 2. The van der Waals surface area contributed by atoms with Crippen LogP contribution in [-0.2, 0) is 11.2 Å². The van der Waals surface area contributed by atoms with E-state index in [1.54, 1.807) is 4.90 Å². The van der Waals surface area contributed by atoms with Gasteiger partial charge in [-0.15, -0.1) is 0 Å². The van der Waals surface area contributed by atoms with Crippen molar-refractivity contribution in [2.24, 2.45) is 5.92 Å². The molecule has 2 heterocycles. The maximum absolute atomic E-state index is 14.2. The number of fused-ring (bicyclic) bond motifs is 1. The number of likely N-dealkylation sites (tertiary alicyclic amines) is 1. The van der Waals surface area contributed by atoms with Gasteiger partial charge in [-0.2, -0.15) is 0 Å². The van der Waals surface area contributed by atoms with Gasteiger partial charge in [-0.1, -0.05) is 0 Å². The van der Waals surface area contributed by atoms with E-state index in [9.17, 15) is 14.0 Å². The quantitative estimate of drug-likeness (QED) is 0.819. The van der Waals surface area contributed by atoms with E-state index < -0.39 is 5.60 Å². The average molecular weight is 349 g/mol. The van der Waals surface area contributed by atoms with E-state index in [1.807, 2.05) is 20.8 Å². The molecule has 0 aliphatic carbocycles. The van der Waals surface area contributed by atoms with Crippen LogP contribution in [0.15, 0.2) is 12.1 Å². The van der Waals surface area contributed by atoms with Crippen molar-refractivity contribution in [1.82, 2.24) is 4.90 Å². The molecule has 5 nitrogen and oxygen atoms in total. The number of ketones is 1. The Bertz CT molecular complexity index is 687. The van der Waals surface area contributed by atoms with Crippen molar-refractivity contribution in [1.29, 1.82) is 0 Å². The fourth-order valence-corrected chi connectivity index (χ4v) is 3.33. The molecule has 0 radical (unpaired) electrons. The Morgan fingerprint density at radius 3 is 2.64 bits per heavy atom. The van der Waals surface area contributed by atoms with Crippen LogP contribution in [0.3, 0.4) is 0 Å². The maximum atomic E-state index is 14.2. The molecule has 0 saturated carbocycles. The second-order valence-corrected chi connectivity index (χ2v) is 7.73. The Kier molecular flexibility index (Phi) is 4.71. The molecule has 1 saturated heterocycles. The van der Waals surface area contributed by atoms with Gasteiger partial charge in [0.25, 0.3) is 0 Å². The molecule has 0 spiro atoms. The van der Waals surface area contributed by atoms with Crippen molar-refractivity contribution >= 4 is 11.9 Å². The van der Waals surface area contributed by atoms with E-state index in [0.717, 1.165) is 12.8 Å². The fraction of sp³-hybridized carbons (Fsp3) is 0.579. The van der Waals surface area contributed by atoms with Crippen molar-refractivity contribution < 1.29 is 23.5 Å². The molecule has 0 atom stereocenters. The van der Waals surface area contributed by atoms with Crippen LogP contribution in [0, 0.1) is 11.7 Å². The van der Waals surface area contributed by atoms with E-state index in [-0.39, 0.29) is 30.2 Å². The first kappa shape index (κ1) is 17.7. The lowest BCUT2D eigenvalue weighted by Gasteiger charge is -2.33. The fourth-order valence-electron chi connectivity index (χ4n) is 3.33. The molecular weight excluding hydrogens is 325 g/mol. The lowest BCUT2D eigenvalue weighted by Crippen LogP contribution is -2.42. The summed E-state index contributed by atoms with van der Waals surface area (Å²) in [5, 5.41) is 0. The number of ether oxygens (including phenoxy) is 2. The number of halogens is 1. The molecule has 1 amide bonds. The SMILES string of the molecule is CC(C)(C)OC(=O)N1CCC(Cc2c(F)ccc3c2OCC3=O)CC1. The summed E-state index contributed by atoms with van der Waals surface area (Å²) in [5.74, 6) is 0.220. The molecule has 25 heavy (non-hydrogen) atoms. The summed E-state index contributed by atoms with van der Waals surface area (Å²) >= 11 is 0. The van der Waals surface area contributed by atoms with Crippen LogP contribution >= 0.6 is 0 Å². The number of benzene rings is 1. The number of piperidine rings is 1. The normalized spacial score (nSPS) is 18.1. The standard InChI is InChI=1S/C19H24FNO4/c1-19(2,3)25-18(23)21-8-6-12(7-9-21)10-14-15(20)5-4-13-16(22)11-24-17(13)14/h4-5,12H,6-11H2,1-3H3. The summed E-state index contributed by atoms with van der Waals surface area (Å²) in [5.41, 5.74) is 0.451. The summed E-state index contributed by atoms with van der Waals surface area (Å²) < 4.78 is 25.0. The van der Waals surface area contributed by atoms with Gasteiger partial charge in [-0.05, 0) is 58.1 Å². The van der Waals surface area contributed by atoms with Crippen molar-refractivity contribution in [3.05, 3.63) is 29.1 Å². The van der Waals surface area contributed by atoms with Crippen molar-refractivity contribution in [2.75, 3.05) is 19.7 Å². The van der Waals surface area contributed by atoms with Crippen LogP contribution in [0.1, 0.15) is 49.5 Å². The number of hydrogen-bond donors (Lipinski definition) is 0. The molecule has 0 bridgehead atoms. The van der Waals surface area contributed by atoms with Crippen LogP contribution in [0.5, 0.6) is 5.75 Å². The second-order valence-electron chi connectivity index (χ2n) is 7.73. The smallest absolute Gasteiger partial charge is 0.410 e. The average Bonchev–Trinajstić information content (AvgIpc) is 2.90. The molecule has 0 unspecified atom stereocenters. The first-order valence-electron chi connectivity index (χ1n) is 8.70. The number of amides is 1. The lowest BCUT2D eigenvalue weighted by molar-refractivity contribution is 0.0183. The van der Waals surface area contributed by atoms with Gasteiger partial charge in [0, 0.05) is 18.7 Å². The predicted molar refractivity (Wildman–Crippen MR) is 90.5 cm³/mol. The topological polar surface area (TPSA) is 55.8 Å². The molecule has 1 aromatic rings. The first-order chi connectivity index (χ1) is 11.7. The molecule has 6 heteroatoms. The van der Waals surface area contributed by atoms with E-state index in [2.05, 4.69) is 0 Å². The van der Waals surface area contributed by atoms with Crippen molar-refractivity contribution in [2.45, 2.75) is 45.6 Å². The Balaban J connectivity index is 1.62. The molecule has 136 valence electrons. The zero-order chi connectivity index (χ0) is 18.2. The van der Waals surface area contributed by atoms with Crippen molar-refractivity contribution in [3.63, 3.8) is 0 Å². The van der Waals surface area contributed by atoms with E-state index in [4.69, 9.17) is 9.47 Å².